The van der Waals surface area contributed by atoms with Crippen molar-refractivity contribution in [3.63, 3.8) is 0 Å². The van der Waals surface area contributed by atoms with E-state index in [2.05, 4.69) is 22.5 Å². The molecule has 0 radical (unpaired) electrons. The van der Waals surface area contributed by atoms with Crippen molar-refractivity contribution in [2.24, 2.45) is 11.3 Å². The number of methoxy groups -OCH3 is 1. The molecule has 6 rings (SSSR count). The second-order valence-electron chi connectivity index (χ2n) is 16.2. The van der Waals surface area contributed by atoms with Crippen molar-refractivity contribution in [1.82, 2.24) is 25.5 Å². The molecule has 3 fully saturated rings. The lowest BCUT2D eigenvalue weighted by molar-refractivity contribution is -0.146. The number of carbonyl (C=O) groups excluding carboxylic acids is 3. The number of nitrogens with zero attached hydrogens (tertiary/aromatic N) is 3. The van der Waals surface area contributed by atoms with E-state index >= 15 is 0 Å². The summed E-state index contributed by atoms with van der Waals surface area (Å²) in [5, 5.41) is 22.3. The number of thiazole rings is 1. The summed E-state index contributed by atoms with van der Waals surface area (Å²) in [6.07, 6.45) is 3.60. The first kappa shape index (κ1) is 39.8. The molecule has 14 nitrogen and oxygen atoms in total. The van der Waals surface area contributed by atoms with Gasteiger partial charge in [-0.3, -0.25) is 9.59 Å². The van der Waals surface area contributed by atoms with Crippen molar-refractivity contribution in [1.29, 1.82) is 0 Å². The van der Waals surface area contributed by atoms with E-state index in [1.165, 1.54) is 22.3 Å². The average molecular weight is 777 g/mol. The van der Waals surface area contributed by atoms with Gasteiger partial charge in [-0.1, -0.05) is 26.8 Å². The number of anilines is 1. The van der Waals surface area contributed by atoms with Gasteiger partial charge in [-0.2, -0.15) is 0 Å². The number of aliphatic carboxylic acids is 1. The van der Waals surface area contributed by atoms with Gasteiger partial charge in [-0.05, 0) is 76.0 Å². The molecule has 2 aliphatic carbocycles. The second-order valence-corrected chi connectivity index (χ2v) is 17.1. The smallest absolute Gasteiger partial charge is 0.408 e. The summed E-state index contributed by atoms with van der Waals surface area (Å²) in [5.41, 5.74) is 0.458. The number of alkyl carbamates (subject to hydrolysis) is 1. The monoisotopic (exact) mass is 776 g/mol. The number of aryl methyl sites for hydroxylation is 1. The first-order chi connectivity index (χ1) is 26.0. The Morgan fingerprint density at radius 1 is 1.09 bits per heavy atom. The Morgan fingerprint density at radius 3 is 2.44 bits per heavy atom. The maximum atomic E-state index is 14.6. The predicted octanol–water partition coefficient (Wildman–Crippen LogP) is 6.07. The number of nitrogens with one attached hydrogen (secondary N) is 3. The van der Waals surface area contributed by atoms with Gasteiger partial charge in [0.2, 0.25) is 11.8 Å². The minimum absolute atomic E-state index is 0.0188. The fourth-order valence-corrected chi connectivity index (χ4v) is 8.34. The number of fused-ring (bicyclic) bond motifs is 1. The van der Waals surface area contributed by atoms with Crippen molar-refractivity contribution in [3.05, 3.63) is 41.8 Å². The number of carboxylic acid groups (broad SMARTS) is 1. The van der Waals surface area contributed by atoms with Crippen LogP contribution in [-0.2, 0) is 19.1 Å². The van der Waals surface area contributed by atoms with E-state index in [1.807, 2.05) is 59.1 Å². The van der Waals surface area contributed by atoms with E-state index in [-0.39, 0.29) is 31.5 Å². The zero-order valence-corrected chi connectivity index (χ0v) is 33.4. The van der Waals surface area contributed by atoms with Crippen LogP contribution in [0.3, 0.4) is 0 Å². The summed E-state index contributed by atoms with van der Waals surface area (Å²) in [6.45, 7) is 15.2. The van der Waals surface area contributed by atoms with Crippen LogP contribution in [0.1, 0.15) is 78.7 Å². The van der Waals surface area contributed by atoms with Gasteiger partial charge in [-0.25, -0.2) is 19.6 Å². The topological polar surface area (TPSA) is 181 Å². The first-order valence-corrected chi connectivity index (χ1v) is 19.7. The third-order valence-electron chi connectivity index (χ3n) is 10.6. The molecular weight excluding hydrogens is 725 g/mol. The van der Waals surface area contributed by atoms with E-state index in [0.717, 1.165) is 36.4 Å². The maximum Gasteiger partial charge on any atom is 0.408 e. The molecule has 55 heavy (non-hydrogen) atoms. The van der Waals surface area contributed by atoms with E-state index in [1.54, 1.807) is 13.2 Å². The predicted molar refractivity (Wildman–Crippen MR) is 209 cm³/mol. The van der Waals surface area contributed by atoms with Crippen LogP contribution >= 0.6 is 11.3 Å². The number of pyridine rings is 1. The molecule has 296 valence electrons. The van der Waals surface area contributed by atoms with Gasteiger partial charge in [0.1, 0.15) is 47.0 Å². The molecule has 3 aromatic rings. The highest BCUT2D eigenvalue weighted by Gasteiger charge is 2.61. The van der Waals surface area contributed by atoms with Crippen molar-refractivity contribution in [2.75, 3.05) is 19.0 Å². The fourth-order valence-electron chi connectivity index (χ4n) is 7.49. The van der Waals surface area contributed by atoms with Crippen LogP contribution in [0.2, 0.25) is 0 Å². The highest BCUT2D eigenvalue weighted by atomic mass is 32.1. The Morgan fingerprint density at radius 2 is 1.82 bits per heavy atom. The van der Waals surface area contributed by atoms with E-state index < -0.39 is 58.9 Å². The van der Waals surface area contributed by atoms with Gasteiger partial charge in [0.25, 0.3) is 0 Å². The Balaban J connectivity index is 1.35. The highest BCUT2D eigenvalue weighted by molar-refractivity contribution is 7.14. The number of ether oxygens (including phenoxy) is 3. The number of carboxylic acids is 1. The molecule has 1 aromatic carbocycles. The van der Waals surface area contributed by atoms with Crippen LogP contribution < -0.4 is 25.4 Å². The largest absolute Gasteiger partial charge is 0.497 e. The number of carbonyl (C=O) groups is 4. The molecule has 1 saturated heterocycles. The van der Waals surface area contributed by atoms with Gasteiger partial charge < -0.3 is 40.2 Å². The summed E-state index contributed by atoms with van der Waals surface area (Å²) < 4.78 is 18.0. The quantitative estimate of drug-likeness (QED) is 0.148. The zero-order chi connectivity index (χ0) is 39.8. The Bertz CT molecular complexity index is 1970. The number of hydrogen-bond acceptors (Lipinski definition) is 11. The standard InChI is InChI=1S/C40H52N6O8S/c1-9-23-18-40(23,36(49)50)45-34(47)30-16-26(19-46(30)35(48)33(39(5,6)7)44-38(51)54-24-12-10-11-13-24)53-31-17-28(29-20-55-37(43-29)41-21(2)3)42-32-22(4)14-25(52-8)15-27(31)32/h9,14-15,17,20-21,23-24,26,30,33H,1,10-13,16,18-19H2,2-8H3,(H,41,43)(H,44,51)(H,45,47)(H,49,50). The molecule has 2 saturated carbocycles. The third kappa shape index (κ3) is 8.51. The summed E-state index contributed by atoms with van der Waals surface area (Å²) >= 11 is 1.47. The number of likely N-dealkylation sites (tertiary alicyclic amines) is 1. The molecule has 4 N–H and O–H groups in total. The number of hydrogen-bond donors (Lipinski definition) is 4. The molecule has 0 spiro atoms. The summed E-state index contributed by atoms with van der Waals surface area (Å²) in [6, 6.07) is 3.53. The maximum absolute atomic E-state index is 14.6. The lowest BCUT2D eigenvalue weighted by Crippen LogP contribution is -2.59. The number of aromatic nitrogens is 2. The van der Waals surface area contributed by atoms with Crippen LogP contribution in [0.4, 0.5) is 9.93 Å². The molecule has 5 unspecified atom stereocenters. The van der Waals surface area contributed by atoms with Crippen LogP contribution in [0.15, 0.2) is 36.2 Å². The first-order valence-electron chi connectivity index (χ1n) is 18.9. The average Bonchev–Trinajstić information content (AvgIpc) is 3.53. The minimum Gasteiger partial charge on any atom is -0.497 e. The Hall–Kier alpha value is -4.92. The molecule has 15 heteroatoms. The Kier molecular flexibility index (Phi) is 11.3. The van der Waals surface area contributed by atoms with Crippen molar-refractivity contribution >= 4 is 51.2 Å². The van der Waals surface area contributed by atoms with Crippen LogP contribution in [0.25, 0.3) is 22.3 Å². The lowest BCUT2D eigenvalue weighted by Gasteiger charge is -2.35. The molecule has 2 aromatic heterocycles. The van der Waals surface area contributed by atoms with Crippen LogP contribution in [0, 0.1) is 18.3 Å². The zero-order valence-electron chi connectivity index (χ0n) is 32.6. The fraction of sp³-hybridized carbons (Fsp3) is 0.550. The normalized spacial score (nSPS) is 23.0. The van der Waals surface area contributed by atoms with Gasteiger partial charge in [0.05, 0.1) is 24.9 Å². The number of benzene rings is 1. The van der Waals surface area contributed by atoms with Crippen molar-refractivity contribution < 1.29 is 38.5 Å². The molecule has 5 atom stereocenters. The molecule has 3 heterocycles. The van der Waals surface area contributed by atoms with Gasteiger partial charge >= 0.3 is 12.1 Å². The third-order valence-corrected chi connectivity index (χ3v) is 11.3. The second kappa shape index (κ2) is 15.7. The molecule has 3 aliphatic rings. The number of rotatable bonds is 13. The van der Waals surface area contributed by atoms with Crippen molar-refractivity contribution in [3.8, 4) is 22.9 Å². The van der Waals surface area contributed by atoms with E-state index in [9.17, 15) is 24.3 Å². The lowest BCUT2D eigenvalue weighted by atomic mass is 9.85. The minimum atomic E-state index is -1.51. The molecule has 0 bridgehead atoms. The van der Waals surface area contributed by atoms with Gasteiger partial charge in [0.15, 0.2) is 5.13 Å². The summed E-state index contributed by atoms with van der Waals surface area (Å²) in [7, 11) is 1.58. The van der Waals surface area contributed by atoms with Crippen molar-refractivity contribution in [2.45, 2.75) is 116 Å². The number of amides is 3. The summed E-state index contributed by atoms with van der Waals surface area (Å²) in [5.74, 6) is -1.71. The van der Waals surface area contributed by atoms with Gasteiger partial charge in [-0.15, -0.1) is 17.9 Å². The van der Waals surface area contributed by atoms with Crippen LogP contribution in [0.5, 0.6) is 11.5 Å². The van der Waals surface area contributed by atoms with E-state index in [0.29, 0.717) is 33.8 Å². The molecular formula is C40H52N6O8S. The molecule has 3 amide bonds. The highest BCUT2D eigenvalue weighted by Crippen LogP contribution is 2.45. The SMILES string of the molecule is C=CC1CC1(NC(=O)C1CC(Oc2cc(-c3csc(NC(C)C)n3)nc3c(C)cc(OC)cc23)CN1C(=O)C(NC(=O)OC1CCCC1)C(C)(C)C)C(=O)O. The summed E-state index contributed by atoms with van der Waals surface area (Å²) in [4.78, 5) is 65.4. The van der Waals surface area contributed by atoms with Crippen LogP contribution in [-0.4, -0.2) is 93.4 Å². The molecule has 1 aliphatic heterocycles. The van der Waals surface area contributed by atoms with Gasteiger partial charge in [0, 0.05) is 35.2 Å². The van der Waals surface area contributed by atoms with E-state index in [4.69, 9.17) is 24.2 Å². The Labute approximate surface area is 325 Å².